The van der Waals surface area contributed by atoms with E-state index >= 15 is 0 Å². The van der Waals surface area contributed by atoms with Crippen LogP contribution in [0.5, 0.6) is 0 Å². The van der Waals surface area contributed by atoms with Gasteiger partial charge in [0.15, 0.2) is 0 Å². The third-order valence-electron chi connectivity index (χ3n) is 2.45. The summed E-state index contributed by atoms with van der Waals surface area (Å²) in [4.78, 5) is 12.9. The Kier molecular flexibility index (Phi) is 4.35. The van der Waals surface area contributed by atoms with Gasteiger partial charge in [0.25, 0.3) is 5.91 Å². The van der Waals surface area contributed by atoms with Crippen LogP contribution in [0.3, 0.4) is 0 Å². The Hall–Kier alpha value is -2.09. The number of carbonyl (C=O) groups excluding carboxylic acids is 1. The summed E-state index contributed by atoms with van der Waals surface area (Å²) < 4.78 is 0. The lowest BCUT2D eigenvalue weighted by atomic mass is 10.2. The van der Waals surface area contributed by atoms with Crippen molar-refractivity contribution in [2.75, 3.05) is 11.9 Å². The molecule has 0 radical (unpaired) electrons. The molecule has 0 atom stereocenters. The molecule has 3 nitrogen and oxygen atoms in total. The van der Waals surface area contributed by atoms with Gasteiger partial charge in [-0.1, -0.05) is 24.0 Å². The summed E-state index contributed by atoms with van der Waals surface area (Å²) in [5, 5.41) is 4.66. The van der Waals surface area contributed by atoms with Gasteiger partial charge in [-0.2, -0.15) is 0 Å². The van der Waals surface area contributed by atoms with E-state index in [1.165, 1.54) is 11.3 Å². The third-order valence-corrected chi connectivity index (χ3v) is 3.30. The van der Waals surface area contributed by atoms with Crippen LogP contribution in [-0.2, 0) is 0 Å². The number of anilines is 1. The Morgan fingerprint density at radius 2 is 2.26 bits per heavy atom. The van der Waals surface area contributed by atoms with Crippen LogP contribution in [0.2, 0.25) is 0 Å². The topological polar surface area (TPSA) is 55.1 Å². The van der Waals surface area contributed by atoms with Gasteiger partial charge in [-0.25, -0.2) is 0 Å². The third kappa shape index (κ3) is 3.68. The smallest absolute Gasteiger partial charge is 0.256 e. The molecule has 1 amide bonds. The Bertz CT molecular complexity index is 649. The van der Waals surface area contributed by atoms with E-state index in [1.807, 2.05) is 31.2 Å². The molecule has 2 rings (SSSR count). The highest BCUT2D eigenvalue weighted by atomic mass is 32.1. The summed E-state index contributed by atoms with van der Waals surface area (Å²) in [5.74, 6) is 5.56. The van der Waals surface area contributed by atoms with Crippen LogP contribution in [-0.4, -0.2) is 12.5 Å². The zero-order valence-electron chi connectivity index (χ0n) is 10.6. The molecular formula is C15H14N2OS. The zero-order chi connectivity index (χ0) is 13.7. The molecule has 0 saturated carbocycles. The zero-order valence-corrected chi connectivity index (χ0v) is 11.4. The maximum Gasteiger partial charge on any atom is 0.256 e. The number of carbonyl (C=O) groups is 1. The van der Waals surface area contributed by atoms with Crippen molar-refractivity contribution >= 4 is 22.9 Å². The van der Waals surface area contributed by atoms with Gasteiger partial charge in [0.05, 0.1) is 17.0 Å². The molecule has 0 unspecified atom stereocenters. The Labute approximate surface area is 116 Å². The predicted molar refractivity (Wildman–Crippen MR) is 79.4 cm³/mol. The van der Waals surface area contributed by atoms with Crippen LogP contribution in [0.4, 0.5) is 5.69 Å². The van der Waals surface area contributed by atoms with E-state index in [9.17, 15) is 4.79 Å². The van der Waals surface area contributed by atoms with E-state index in [1.54, 1.807) is 11.4 Å². The minimum Gasteiger partial charge on any atom is -0.322 e. The molecule has 1 aromatic carbocycles. The maximum absolute atomic E-state index is 12.0. The Morgan fingerprint density at radius 1 is 1.42 bits per heavy atom. The number of nitrogens with two attached hydrogens (primary N) is 1. The van der Waals surface area contributed by atoms with Gasteiger partial charge >= 0.3 is 0 Å². The van der Waals surface area contributed by atoms with Crippen molar-refractivity contribution < 1.29 is 4.79 Å². The van der Waals surface area contributed by atoms with Crippen molar-refractivity contribution in [2.45, 2.75) is 6.92 Å². The number of rotatable bonds is 2. The van der Waals surface area contributed by atoms with Gasteiger partial charge in [-0.15, -0.1) is 11.3 Å². The molecule has 0 bridgehead atoms. The van der Waals surface area contributed by atoms with Gasteiger partial charge in [-0.05, 0) is 30.7 Å². The van der Waals surface area contributed by atoms with Crippen molar-refractivity contribution in [3.8, 4) is 11.8 Å². The maximum atomic E-state index is 12.0. The summed E-state index contributed by atoms with van der Waals surface area (Å²) >= 11 is 1.44. The average molecular weight is 270 g/mol. The normalized spacial score (nSPS) is 9.58. The monoisotopic (exact) mass is 270 g/mol. The van der Waals surface area contributed by atoms with Gasteiger partial charge in [-0.3, -0.25) is 4.79 Å². The van der Waals surface area contributed by atoms with Crippen LogP contribution in [0.15, 0.2) is 35.7 Å². The fraction of sp³-hybridized carbons (Fsp3) is 0.133. The first-order valence-electron chi connectivity index (χ1n) is 5.84. The van der Waals surface area contributed by atoms with Gasteiger partial charge < -0.3 is 11.1 Å². The van der Waals surface area contributed by atoms with E-state index in [-0.39, 0.29) is 5.91 Å². The molecule has 1 aromatic heterocycles. The molecule has 4 heteroatoms. The molecule has 3 N–H and O–H groups in total. The van der Waals surface area contributed by atoms with Crippen LogP contribution in [0.1, 0.15) is 20.8 Å². The number of nitrogens with one attached hydrogen (secondary N) is 1. The van der Waals surface area contributed by atoms with Crippen molar-refractivity contribution in [3.63, 3.8) is 0 Å². The van der Waals surface area contributed by atoms with Crippen molar-refractivity contribution in [1.29, 1.82) is 0 Å². The molecule has 0 aliphatic rings. The van der Waals surface area contributed by atoms with Gasteiger partial charge in [0.2, 0.25) is 0 Å². The van der Waals surface area contributed by atoms with E-state index in [4.69, 9.17) is 5.73 Å². The first-order chi connectivity index (χ1) is 9.19. The van der Waals surface area contributed by atoms with E-state index in [0.717, 1.165) is 16.1 Å². The molecule has 0 spiro atoms. The number of hydrogen-bond acceptors (Lipinski definition) is 3. The SMILES string of the molecule is Cc1cccc(NC(=O)c2csc(C#CCN)c2)c1. The lowest BCUT2D eigenvalue weighted by molar-refractivity contribution is 0.102. The number of benzene rings is 1. The fourth-order valence-electron chi connectivity index (χ4n) is 1.59. The van der Waals surface area contributed by atoms with Crippen molar-refractivity contribution in [2.24, 2.45) is 5.73 Å². The highest BCUT2D eigenvalue weighted by Gasteiger charge is 2.08. The molecule has 1 heterocycles. The van der Waals surface area contributed by atoms with Crippen molar-refractivity contribution in [1.82, 2.24) is 0 Å². The quantitative estimate of drug-likeness (QED) is 0.824. The Morgan fingerprint density at radius 3 is 3.00 bits per heavy atom. The molecule has 19 heavy (non-hydrogen) atoms. The first-order valence-corrected chi connectivity index (χ1v) is 6.72. The Balaban J connectivity index is 2.10. The molecular weight excluding hydrogens is 256 g/mol. The van der Waals surface area contributed by atoms with Crippen LogP contribution in [0, 0.1) is 18.8 Å². The molecule has 0 saturated heterocycles. The van der Waals surface area contributed by atoms with Gasteiger partial charge in [0.1, 0.15) is 0 Å². The van der Waals surface area contributed by atoms with Crippen LogP contribution >= 0.6 is 11.3 Å². The minimum atomic E-state index is -0.123. The second-order valence-electron chi connectivity index (χ2n) is 4.03. The highest BCUT2D eigenvalue weighted by Crippen LogP contribution is 2.16. The standard InChI is InChI=1S/C15H14N2OS/c1-11-4-2-5-13(8-11)17-15(18)12-9-14(19-10-12)6-3-7-16/h2,4-5,8-10H,7,16H2,1H3,(H,17,18). The summed E-state index contributed by atoms with van der Waals surface area (Å²) in [6.45, 7) is 2.31. The molecule has 96 valence electrons. The van der Waals surface area contributed by atoms with E-state index in [0.29, 0.717) is 12.1 Å². The molecule has 0 fully saturated rings. The van der Waals surface area contributed by atoms with Crippen LogP contribution < -0.4 is 11.1 Å². The van der Waals surface area contributed by atoms with Crippen LogP contribution in [0.25, 0.3) is 0 Å². The summed E-state index contributed by atoms with van der Waals surface area (Å²) in [5.41, 5.74) is 7.84. The largest absolute Gasteiger partial charge is 0.322 e. The number of thiophene rings is 1. The second kappa shape index (κ2) is 6.19. The first kappa shape index (κ1) is 13.3. The van der Waals surface area contributed by atoms with E-state index in [2.05, 4.69) is 17.2 Å². The van der Waals surface area contributed by atoms with Gasteiger partial charge in [0, 0.05) is 11.1 Å². The lowest BCUT2D eigenvalue weighted by Crippen LogP contribution is -2.10. The molecule has 0 aliphatic heterocycles. The molecule has 0 aliphatic carbocycles. The van der Waals surface area contributed by atoms with E-state index < -0.39 is 0 Å². The fourth-order valence-corrected chi connectivity index (χ4v) is 2.34. The molecule has 2 aromatic rings. The lowest BCUT2D eigenvalue weighted by Gasteiger charge is -2.04. The van der Waals surface area contributed by atoms with Crippen molar-refractivity contribution in [3.05, 3.63) is 51.7 Å². The highest BCUT2D eigenvalue weighted by molar-refractivity contribution is 7.10. The summed E-state index contributed by atoms with van der Waals surface area (Å²) in [6.07, 6.45) is 0. The minimum absolute atomic E-state index is 0.123. The summed E-state index contributed by atoms with van der Waals surface area (Å²) in [6, 6.07) is 9.47. The average Bonchev–Trinajstić information content (AvgIpc) is 2.85. The number of aryl methyl sites for hydroxylation is 1. The predicted octanol–water partition coefficient (Wildman–Crippen LogP) is 2.62. The number of amides is 1. The second-order valence-corrected chi connectivity index (χ2v) is 4.94. The summed E-state index contributed by atoms with van der Waals surface area (Å²) in [7, 11) is 0. The number of hydrogen-bond donors (Lipinski definition) is 2.